The van der Waals surface area contributed by atoms with Crippen molar-refractivity contribution in [2.24, 2.45) is 0 Å². The Morgan fingerprint density at radius 3 is 2.81 bits per heavy atom. The van der Waals surface area contributed by atoms with Crippen LogP contribution < -0.4 is 5.32 Å². The van der Waals surface area contributed by atoms with Gasteiger partial charge in [0.1, 0.15) is 5.82 Å². The fourth-order valence-corrected chi connectivity index (χ4v) is 3.42. The van der Waals surface area contributed by atoms with Gasteiger partial charge in [0.05, 0.1) is 5.52 Å². The lowest BCUT2D eigenvalue weighted by molar-refractivity contribution is 0.617. The molecule has 4 aromatic rings. The Kier molecular flexibility index (Phi) is 5.91. The van der Waals surface area contributed by atoms with E-state index in [4.69, 9.17) is 0 Å². The van der Waals surface area contributed by atoms with Crippen LogP contribution in [0.4, 0.5) is 0 Å². The van der Waals surface area contributed by atoms with Crippen molar-refractivity contribution in [3.63, 3.8) is 0 Å². The van der Waals surface area contributed by atoms with E-state index < -0.39 is 0 Å². The zero-order valence-corrected chi connectivity index (χ0v) is 15.4. The highest BCUT2D eigenvalue weighted by molar-refractivity contribution is 5.94. The smallest absolute Gasteiger partial charge is 0.178 e. The van der Waals surface area contributed by atoms with Crippen LogP contribution in [0.1, 0.15) is 45.0 Å². The largest absolute Gasteiger partial charge is 0.354 e. The molecule has 0 aliphatic rings. The van der Waals surface area contributed by atoms with Gasteiger partial charge in [-0.2, -0.15) is 0 Å². The van der Waals surface area contributed by atoms with Gasteiger partial charge in [-0.3, -0.25) is 0 Å². The molecule has 3 heterocycles. The summed E-state index contributed by atoms with van der Waals surface area (Å²) in [5.41, 5.74) is 6.40. The number of aromatic amines is 2. The van der Waals surface area contributed by atoms with E-state index >= 15 is 0 Å². The molecular weight excluding hydrogens is 334 g/mol. The number of benzene rings is 1. The first-order valence-electron chi connectivity index (χ1n) is 9.38. The van der Waals surface area contributed by atoms with Gasteiger partial charge in [-0.05, 0) is 49.7 Å². The van der Waals surface area contributed by atoms with E-state index in [-0.39, 0.29) is 7.43 Å². The first kappa shape index (κ1) is 19.1. The highest BCUT2D eigenvalue weighted by Crippen LogP contribution is 2.29. The number of nitrogens with zero attached hydrogens (tertiary/aromatic N) is 2. The number of imidazole rings is 1. The molecule has 0 radical (unpaired) electrons. The number of aryl methyl sites for hydroxylation is 1. The molecule has 3 aromatic heterocycles. The topological polar surface area (TPSA) is 69.4 Å². The Morgan fingerprint density at radius 2 is 1.96 bits per heavy atom. The third kappa shape index (κ3) is 4.03. The summed E-state index contributed by atoms with van der Waals surface area (Å²) in [6.45, 7) is 6.19. The van der Waals surface area contributed by atoms with Crippen molar-refractivity contribution in [2.45, 2.75) is 47.1 Å². The molecule has 0 saturated heterocycles. The van der Waals surface area contributed by atoms with Gasteiger partial charge < -0.3 is 15.3 Å². The summed E-state index contributed by atoms with van der Waals surface area (Å²) in [4.78, 5) is 15.6. The summed E-state index contributed by atoms with van der Waals surface area (Å²) >= 11 is 0. The van der Waals surface area contributed by atoms with Gasteiger partial charge >= 0.3 is 0 Å². The summed E-state index contributed by atoms with van der Waals surface area (Å²) in [6.07, 6.45) is 5.61. The summed E-state index contributed by atoms with van der Waals surface area (Å²) < 4.78 is 0. The van der Waals surface area contributed by atoms with E-state index in [1.807, 2.05) is 19.2 Å². The average Bonchev–Trinajstić information content (AvgIpc) is 3.23. The van der Waals surface area contributed by atoms with Crippen LogP contribution >= 0.6 is 0 Å². The maximum absolute atomic E-state index is 4.43. The predicted molar refractivity (Wildman–Crippen MR) is 114 cm³/mol. The van der Waals surface area contributed by atoms with Gasteiger partial charge in [0.25, 0.3) is 0 Å². The predicted octanol–water partition coefficient (Wildman–Crippen LogP) is 5.33. The SMILES string of the molecule is C.CCCCCNCc1ccc2[nH]c(-c3ccnc4nc(C)[nH]c34)cc2c1. The molecule has 0 amide bonds. The van der Waals surface area contributed by atoms with Crippen molar-refractivity contribution < 1.29 is 0 Å². The Bertz CT molecular complexity index is 1030. The highest BCUT2D eigenvalue weighted by atomic mass is 15.0. The number of rotatable bonds is 7. The van der Waals surface area contributed by atoms with Crippen molar-refractivity contribution in [3.8, 4) is 11.3 Å². The van der Waals surface area contributed by atoms with Crippen molar-refractivity contribution >= 4 is 22.1 Å². The first-order valence-corrected chi connectivity index (χ1v) is 9.38. The van der Waals surface area contributed by atoms with Gasteiger partial charge in [-0.25, -0.2) is 9.97 Å². The summed E-state index contributed by atoms with van der Waals surface area (Å²) in [5, 5.41) is 4.77. The van der Waals surface area contributed by atoms with Gasteiger partial charge in [-0.15, -0.1) is 0 Å². The lowest BCUT2D eigenvalue weighted by atomic mass is 10.1. The van der Waals surface area contributed by atoms with Gasteiger partial charge in [0, 0.05) is 34.9 Å². The Hall–Kier alpha value is -2.66. The van der Waals surface area contributed by atoms with Crippen LogP contribution in [0.5, 0.6) is 0 Å². The summed E-state index contributed by atoms with van der Waals surface area (Å²) in [7, 11) is 0. The van der Waals surface area contributed by atoms with E-state index in [1.54, 1.807) is 0 Å². The minimum Gasteiger partial charge on any atom is -0.354 e. The fourth-order valence-electron chi connectivity index (χ4n) is 3.42. The molecule has 0 saturated carbocycles. The fraction of sp³-hybridized carbons (Fsp3) is 0.364. The molecule has 5 heteroatoms. The van der Waals surface area contributed by atoms with E-state index in [9.17, 15) is 0 Å². The molecule has 0 bridgehead atoms. The van der Waals surface area contributed by atoms with Crippen LogP contribution in [-0.2, 0) is 6.54 Å². The van der Waals surface area contributed by atoms with Crippen LogP contribution in [0.15, 0.2) is 36.5 Å². The van der Waals surface area contributed by atoms with E-state index in [1.165, 1.54) is 30.2 Å². The van der Waals surface area contributed by atoms with Crippen LogP contribution in [-0.4, -0.2) is 26.5 Å². The Morgan fingerprint density at radius 1 is 1.07 bits per heavy atom. The molecule has 1 aromatic carbocycles. The van der Waals surface area contributed by atoms with Crippen LogP contribution in [0.25, 0.3) is 33.3 Å². The average molecular weight is 364 g/mol. The molecule has 0 atom stereocenters. The lowest BCUT2D eigenvalue weighted by Crippen LogP contribution is -2.14. The van der Waals surface area contributed by atoms with Gasteiger partial charge in [0.15, 0.2) is 5.65 Å². The van der Waals surface area contributed by atoms with E-state index in [2.05, 4.69) is 56.4 Å². The van der Waals surface area contributed by atoms with Crippen LogP contribution in [0.2, 0.25) is 0 Å². The Balaban J connectivity index is 0.00000210. The molecule has 142 valence electrons. The molecule has 0 aliphatic heterocycles. The monoisotopic (exact) mass is 363 g/mol. The number of pyridine rings is 1. The first-order chi connectivity index (χ1) is 12.7. The summed E-state index contributed by atoms with van der Waals surface area (Å²) in [5.74, 6) is 0.882. The lowest BCUT2D eigenvalue weighted by Gasteiger charge is -2.04. The van der Waals surface area contributed by atoms with E-state index in [0.29, 0.717) is 0 Å². The molecule has 0 aliphatic carbocycles. The number of unbranched alkanes of at least 4 members (excludes halogenated alkanes) is 2. The maximum atomic E-state index is 4.43. The minimum absolute atomic E-state index is 0. The second kappa shape index (κ2) is 8.35. The molecule has 27 heavy (non-hydrogen) atoms. The number of aromatic nitrogens is 4. The standard InChI is InChI=1S/C21H25N5.CH4/c1-3-4-5-9-22-13-15-6-7-18-16(11-15)12-19(26-18)17-8-10-23-21-20(17)24-14(2)25-21;/h6-8,10-12,22,26H,3-5,9,13H2,1-2H3,(H,23,24,25);1H4. The Labute approximate surface area is 160 Å². The molecule has 3 N–H and O–H groups in total. The molecule has 0 unspecified atom stereocenters. The van der Waals surface area contributed by atoms with Crippen molar-refractivity contribution in [2.75, 3.05) is 6.54 Å². The molecule has 4 rings (SSSR count). The van der Waals surface area contributed by atoms with Gasteiger partial charge in [-0.1, -0.05) is 33.3 Å². The zero-order valence-electron chi connectivity index (χ0n) is 15.4. The number of hydrogen-bond donors (Lipinski definition) is 3. The van der Waals surface area contributed by atoms with Crippen molar-refractivity contribution in [3.05, 3.63) is 47.9 Å². The highest BCUT2D eigenvalue weighted by Gasteiger charge is 2.11. The summed E-state index contributed by atoms with van der Waals surface area (Å²) in [6, 6.07) is 10.9. The number of nitrogens with one attached hydrogen (secondary N) is 3. The van der Waals surface area contributed by atoms with Crippen molar-refractivity contribution in [1.82, 2.24) is 25.3 Å². The minimum atomic E-state index is 0. The van der Waals surface area contributed by atoms with Crippen LogP contribution in [0.3, 0.4) is 0 Å². The second-order valence-corrected chi connectivity index (χ2v) is 6.87. The van der Waals surface area contributed by atoms with E-state index in [0.717, 1.165) is 46.9 Å². The van der Waals surface area contributed by atoms with Gasteiger partial charge in [0.2, 0.25) is 0 Å². The maximum Gasteiger partial charge on any atom is 0.178 e. The molecule has 0 spiro atoms. The second-order valence-electron chi connectivity index (χ2n) is 6.87. The number of fused-ring (bicyclic) bond motifs is 2. The molecule has 5 nitrogen and oxygen atoms in total. The zero-order chi connectivity index (χ0) is 17.9. The number of H-pyrrole nitrogens is 2. The third-order valence-corrected chi connectivity index (χ3v) is 4.77. The van der Waals surface area contributed by atoms with Crippen molar-refractivity contribution in [1.29, 1.82) is 0 Å². The number of hydrogen-bond acceptors (Lipinski definition) is 3. The third-order valence-electron chi connectivity index (χ3n) is 4.77. The normalized spacial score (nSPS) is 11.2. The molecule has 0 fully saturated rings. The van der Waals surface area contributed by atoms with Crippen LogP contribution in [0, 0.1) is 6.92 Å². The molecular formula is C22H29N5. The quantitative estimate of drug-likeness (QED) is 0.389.